The number of fused-ring (bicyclic) bond motifs is 2. The highest BCUT2D eigenvalue weighted by molar-refractivity contribution is 7.09. The number of carbonyl (C=O) groups is 5. The van der Waals surface area contributed by atoms with E-state index in [-0.39, 0.29) is 49.6 Å². The molecule has 1 aliphatic heterocycles. The van der Waals surface area contributed by atoms with Crippen molar-refractivity contribution in [2.24, 2.45) is 5.92 Å². The molecule has 4 N–H and O–H groups in total. The molecular weight excluding hydrogens is 687 g/mol. The molecule has 4 atom stereocenters. The van der Waals surface area contributed by atoms with E-state index in [1.165, 1.54) is 23.2 Å². The summed E-state index contributed by atoms with van der Waals surface area (Å²) < 4.78 is 11.3. The zero-order valence-corrected chi connectivity index (χ0v) is 31.5. The molecule has 0 radical (unpaired) electrons. The van der Waals surface area contributed by atoms with Crippen LogP contribution in [0.25, 0.3) is 0 Å². The van der Waals surface area contributed by atoms with E-state index in [9.17, 15) is 24.0 Å². The van der Waals surface area contributed by atoms with Crippen LogP contribution in [0.2, 0.25) is 0 Å². The summed E-state index contributed by atoms with van der Waals surface area (Å²) in [4.78, 5) is 75.1. The van der Waals surface area contributed by atoms with E-state index in [1.807, 2.05) is 53.4 Å². The van der Waals surface area contributed by atoms with Crippen LogP contribution in [0.5, 0.6) is 11.5 Å². The average Bonchev–Trinajstić information content (AvgIpc) is 3.62. The minimum Gasteiger partial charge on any atom is -0.496 e. The van der Waals surface area contributed by atoms with Gasteiger partial charge in [0.15, 0.2) is 0 Å². The molecule has 0 spiro atoms. The van der Waals surface area contributed by atoms with E-state index >= 15 is 0 Å². The second-order valence-electron chi connectivity index (χ2n) is 13.1. The lowest BCUT2D eigenvalue weighted by Gasteiger charge is -2.29. The monoisotopic (exact) mass is 735 g/mol. The van der Waals surface area contributed by atoms with E-state index in [0.717, 1.165) is 11.1 Å². The number of amides is 5. The van der Waals surface area contributed by atoms with Gasteiger partial charge in [0.25, 0.3) is 5.91 Å². The maximum atomic E-state index is 13.9. The van der Waals surface area contributed by atoms with Gasteiger partial charge < -0.3 is 35.6 Å². The second kappa shape index (κ2) is 18.5. The van der Waals surface area contributed by atoms with Gasteiger partial charge in [-0.1, -0.05) is 50.2 Å². The second-order valence-corrected chi connectivity index (χ2v) is 14.0. The van der Waals surface area contributed by atoms with Gasteiger partial charge in [0, 0.05) is 32.1 Å². The Labute approximate surface area is 308 Å². The SMILES string of the molecule is COc1cccc(OC)c1CN1CCN(C)C(=O)[C@@H](C)NC(=O)[C@H](C(C)C)NC(=O)[C@H](C)NC(=O)c2csc(n2)[C@H](Cc2ccccc2)NC(=O)C1. The van der Waals surface area contributed by atoms with E-state index in [1.54, 1.807) is 47.4 Å². The van der Waals surface area contributed by atoms with Crippen molar-refractivity contribution in [1.82, 2.24) is 36.1 Å². The highest BCUT2D eigenvalue weighted by Gasteiger charge is 2.31. The van der Waals surface area contributed by atoms with Crippen LogP contribution >= 0.6 is 11.3 Å². The van der Waals surface area contributed by atoms with E-state index in [4.69, 9.17) is 9.47 Å². The summed E-state index contributed by atoms with van der Waals surface area (Å²) in [5.41, 5.74) is 1.78. The first-order valence-electron chi connectivity index (χ1n) is 17.2. The van der Waals surface area contributed by atoms with E-state index in [2.05, 4.69) is 26.3 Å². The van der Waals surface area contributed by atoms with Crippen LogP contribution in [0.1, 0.15) is 60.4 Å². The quantitative estimate of drug-likeness (QED) is 0.284. The number of rotatable bonds is 7. The molecule has 2 heterocycles. The molecule has 1 aromatic heterocycles. The summed E-state index contributed by atoms with van der Waals surface area (Å²) >= 11 is 1.23. The third-order valence-electron chi connectivity index (χ3n) is 8.79. The molecule has 0 aliphatic carbocycles. The number of methoxy groups -OCH3 is 2. The molecule has 3 aromatic rings. The number of aromatic nitrogens is 1. The maximum absolute atomic E-state index is 13.9. The van der Waals surface area contributed by atoms with Gasteiger partial charge in [0.2, 0.25) is 23.6 Å². The van der Waals surface area contributed by atoms with Crippen molar-refractivity contribution in [2.45, 2.75) is 64.8 Å². The summed E-state index contributed by atoms with van der Waals surface area (Å²) in [5, 5.41) is 13.3. The van der Waals surface area contributed by atoms with Gasteiger partial charge in [-0.05, 0) is 43.9 Å². The Morgan fingerprint density at radius 1 is 0.846 bits per heavy atom. The van der Waals surface area contributed by atoms with Crippen molar-refractivity contribution in [2.75, 3.05) is 40.9 Å². The Morgan fingerprint density at radius 2 is 1.52 bits per heavy atom. The molecule has 0 saturated carbocycles. The number of hydrogen-bond acceptors (Lipinski definition) is 10. The largest absolute Gasteiger partial charge is 0.496 e. The van der Waals surface area contributed by atoms with Crippen LogP contribution in [-0.4, -0.2) is 103 Å². The first-order chi connectivity index (χ1) is 24.8. The molecule has 1 aliphatic rings. The third kappa shape index (κ3) is 10.5. The number of hydrogen-bond donors (Lipinski definition) is 4. The molecule has 52 heavy (non-hydrogen) atoms. The smallest absolute Gasteiger partial charge is 0.271 e. The van der Waals surface area contributed by atoms with E-state index in [0.29, 0.717) is 22.9 Å². The zero-order chi connectivity index (χ0) is 37.9. The van der Waals surface area contributed by atoms with Gasteiger partial charge in [-0.25, -0.2) is 4.98 Å². The molecule has 0 fully saturated rings. The average molecular weight is 736 g/mol. The number of carbonyl (C=O) groups excluding carboxylic acids is 5. The van der Waals surface area contributed by atoms with Crippen LogP contribution in [0, 0.1) is 5.92 Å². The molecule has 14 nitrogen and oxygen atoms in total. The topological polar surface area (TPSA) is 171 Å². The van der Waals surface area contributed by atoms with Gasteiger partial charge >= 0.3 is 0 Å². The Balaban J connectivity index is 1.70. The molecule has 5 amide bonds. The molecule has 0 unspecified atom stereocenters. The Morgan fingerprint density at radius 3 is 2.15 bits per heavy atom. The van der Waals surface area contributed by atoms with Gasteiger partial charge in [-0.3, -0.25) is 28.9 Å². The fraction of sp³-hybridized carbons (Fsp3) is 0.459. The Kier molecular flexibility index (Phi) is 14.1. The van der Waals surface area contributed by atoms with Crippen molar-refractivity contribution < 1.29 is 33.4 Å². The molecule has 4 rings (SSSR count). The first-order valence-corrected chi connectivity index (χ1v) is 18.1. The number of likely N-dealkylation sites (N-methyl/N-ethyl adjacent to an activating group) is 1. The highest BCUT2D eigenvalue weighted by atomic mass is 32.1. The van der Waals surface area contributed by atoms with Crippen LogP contribution in [0.15, 0.2) is 53.9 Å². The predicted molar refractivity (Wildman–Crippen MR) is 197 cm³/mol. The number of nitrogens with one attached hydrogen (secondary N) is 4. The normalized spacial score (nSPS) is 21.8. The lowest BCUT2D eigenvalue weighted by molar-refractivity contribution is -0.136. The molecule has 15 heteroatoms. The minimum absolute atomic E-state index is 0.0547. The summed E-state index contributed by atoms with van der Waals surface area (Å²) in [5.74, 6) is -1.49. The van der Waals surface area contributed by atoms with Gasteiger partial charge in [0.1, 0.15) is 40.3 Å². The number of nitrogens with zero attached hydrogens (tertiary/aromatic N) is 3. The Hall–Kier alpha value is -5.02. The highest BCUT2D eigenvalue weighted by Crippen LogP contribution is 2.30. The zero-order valence-electron chi connectivity index (χ0n) is 30.7. The molecule has 0 saturated heterocycles. The van der Waals surface area contributed by atoms with Crippen molar-refractivity contribution in [1.29, 1.82) is 0 Å². The van der Waals surface area contributed by atoms with Crippen molar-refractivity contribution in [3.8, 4) is 11.5 Å². The van der Waals surface area contributed by atoms with Gasteiger partial charge in [-0.15, -0.1) is 11.3 Å². The molecule has 280 valence electrons. The van der Waals surface area contributed by atoms with Gasteiger partial charge in [-0.2, -0.15) is 0 Å². The number of benzene rings is 2. The lowest BCUT2D eigenvalue weighted by atomic mass is 10.0. The van der Waals surface area contributed by atoms with Crippen molar-refractivity contribution in [3.05, 3.63) is 75.7 Å². The van der Waals surface area contributed by atoms with Crippen LogP contribution in [0.4, 0.5) is 0 Å². The Bertz CT molecular complexity index is 1690. The number of ether oxygens (including phenoxy) is 2. The fourth-order valence-corrected chi connectivity index (χ4v) is 6.66. The van der Waals surface area contributed by atoms with Crippen molar-refractivity contribution >= 4 is 40.9 Å². The molecule has 2 aromatic carbocycles. The summed E-state index contributed by atoms with van der Waals surface area (Å²) in [6.07, 6.45) is 0.410. The molecule has 2 bridgehead atoms. The summed E-state index contributed by atoms with van der Waals surface area (Å²) in [6.45, 7) is 7.35. The predicted octanol–water partition coefficient (Wildman–Crippen LogP) is 2.30. The van der Waals surface area contributed by atoms with Gasteiger partial charge in [0.05, 0.1) is 32.4 Å². The van der Waals surface area contributed by atoms with E-state index < -0.39 is 41.9 Å². The number of thiazole rings is 1. The third-order valence-corrected chi connectivity index (χ3v) is 9.75. The van der Waals surface area contributed by atoms with Crippen LogP contribution < -0.4 is 30.7 Å². The minimum atomic E-state index is -1.00. The lowest BCUT2D eigenvalue weighted by Crippen LogP contribution is -2.57. The standard InChI is InChI=1S/C37H49N7O7S/c1-22(2)32-35(48)39-24(4)37(49)43(5)16-17-44(19-26-29(50-6)14-11-15-30(26)51-7)20-31(45)40-27(18-25-12-9-8-10-13-25)36-41-28(21-52-36)34(47)38-23(3)33(46)42-32/h8-15,21-24,27,32H,16-20H2,1-7H3,(H,38,47)(H,39,48)(H,40,45)(H,42,46)/t23-,24+,27-,32-/m0/s1. The van der Waals surface area contributed by atoms with Crippen LogP contribution in [0.3, 0.4) is 0 Å². The molecular formula is C37H49N7O7S. The van der Waals surface area contributed by atoms with Crippen molar-refractivity contribution in [3.63, 3.8) is 0 Å². The summed E-state index contributed by atoms with van der Waals surface area (Å²) in [6, 6.07) is 11.6. The maximum Gasteiger partial charge on any atom is 0.271 e. The van der Waals surface area contributed by atoms with Crippen LogP contribution in [-0.2, 0) is 32.1 Å². The fourth-order valence-electron chi connectivity index (χ4n) is 5.81. The summed E-state index contributed by atoms with van der Waals surface area (Å²) in [7, 11) is 4.75. The first kappa shape index (κ1) is 39.8.